The number of ether oxygens (including phenoxy) is 1. The Balaban J connectivity index is 1.25. The van der Waals surface area contributed by atoms with Crippen LogP contribution in [0.2, 0.25) is 0 Å². The average molecular weight is 424 g/mol. The Morgan fingerprint density at radius 1 is 1.10 bits per heavy atom. The van der Waals surface area contributed by atoms with Crippen LogP contribution in [0.15, 0.2) is 29.1 Å². The number of rotatable bonds is 4. The van der Waals surface area contributed by atoms with Crippen molar-refractivity contribution in [2.75, 3.05) is 55.7 Å². The molecule has 3 aliphatic rings. The number of aromatic nitrogens is 2. The summed E-state index contributed by atoms with van der Waals surface area (Å²) in [6.07, 6.45) is 3.26. The lowest BCUT2D eigenvalue weighted by Gasteiger charge is -2.33. The summed E-state index contributed by atoms with van der Waals surface area (Å²) in [5.41, 5.74) is 4.39. The smallest absolute Gasteiger partial charge is 0.257 e. The Morgan fingerprint density at radius 3 is 2.68 bits per heavy atom. The van der Waals surface area contributed by atoms with Crippen molar-refractivity contribution in [1.29, 1.82) is 0 Å². The molecule has 1 aromatic carbocycles. The van der Waals surface area contributed by atoms with Crippen LogP contribution in [0, 0.1) is 5.92 Å². The van der Waals surface area contributed by atoms with Gasteiger partial charge in [-0.3, -0.25) is 14.7 Å². The maximum atomic E-state index is 12.9. The van der Waals surface area contributed by atoms with Crippen molar-refractivity contribution in [2.45, 2.75) is 39.3 Å². The van der Waals surface area contributed by atoms with E-state index < -0.39 is 0 Å². The first-order valence-corrected chi connectivity index (χ1v) is 11.7. The first kappa shape index (κ1) is 20.5. The predicted octanol–water partition coefficient (Wildman–Crippen LogP) is 2.40. The van der Waals surface area contributed by atoms with Gasteiger partial charge in [0.1, 0.15) is 0 Å². The molecular formula is C24H33N5O2. The molecule has 2 saturated heterocycles. The van der Waals surface area contributed by atoms with Crippen LogP contribution in [0.3, 0.4) is 0 Å². The van der Waals surface area contributed by atoms with E-state index in [4.69, 9.17) is 9.72 Å². The maximum Gasteiger partial charge on any atom is 0.257 e. The molecule has 1 unspecified atom stereocenters. The highest BCUT2D eigenvalue weighted by Gasteiger charge is 2.24. The molecule has 0 spiro atoms. The third-order valence-electron chi connectivity index (χ3n) is 6.81. The second-order valence-corrected chi connectivity index (χ2v) is 9.23. The molecule has 7 heteroatoms. The highest BCUT2D eigenvalue weighted by molar-refractivity contribution is 5.48. The fourth-order valence-corrected chi connectivity index (χ4v) is 5.03. The van der Waals surface area contributed by atoms with Gasteiger partial charge in [-0.2, -0.15) is 0 Å². The molecule has 0 aliphatic carbocycles. The molecular weight excluding hydrogens is 390 g/mol. The maximum absolute atomic E-state index is 12.9. The highest BCUT2D eigenvalue weighted by Crippen LogP contribution is 2.23. The molecule has 2 fully saturated rings. The second kappa shape index (κ2) is 9.01. The van der Waals surface area contributed by atoms with Crippen LogP contribution >= 0.6 is 0 Å². The molecule has 4 heterocycles. The van der Waals surface area contributed by atoms with Crippen LogP contribution in [0.5, 0.6) is 0 Å². The van der Waals surface area contributed by atoms with E-state index in [-0.39, 0.29) is 5.56 Å². The number of nitrogens with zero attached hydrogens (tertiary/aromatic N) is 4. The molecule has 1 N–H and O–H groups in total. The molecule has 1 atom stereocenters. The Kier molecular flexibility index (Phi) is 5.96. The van der Waals surface area contributed by atoms with Crippen molar-refractivity contribution in [2.24, 2.45) is 5.92 Å². The SMILES string of the molecule is CC1CCCN(c2nc3c(c(=O)[nH]2)CN(Cc2ccc(N4CCOCC4)cc2)CC3)C1. The molecule has 0 amide bonds. The minimum absolute atomic E-state index is 0.0330. The minimum Gasteiger partial charge on any atom is -0.378 e. The van der Waals surface area contributed by atoms with Gasteiger partial charge in [-0.25, -0.2) is 4.98 Å². The lowest BCUT2D eigenvalue weighted by molar-refractivity contribution is 0.122. The van der Waals surface area contributed by atoms with Crippen molar-refractivity contribution in [3.05, 3.63) is 51.4 Å². The summed E-state index contributed by atoms with van der Waals surface area (Å²) in [5, 5.41) is 0. The van der Waals surface area contributed by atoms with Gasteiger partial charge in [-0.15, -0.1) is 0 Å². The normalized spacial score (nSPS) is 22.4. The Hall–Kier alpha value is -2.38. The third kappa shape index (κ3) is 4.62. The number of anilines is 2. The van der Waals surface area contributed by atoms with E-state index in [1.54, 1.807) is 0 Å². The van der Waals surface area contributed by atoms with E-state index >= 15 is 0 Å². The molecule has 1 aromatic heterocycles. The number of hydrogen-bond donors (Lipinski definition) is 1. The van der Waals surface area contributed by atoms with Crippen LogP contribution in [-0.2, 0) is 24.2 Å². The first-order valence-electron chi connectivity index (χ1n) is 11.7. The van der Waals surface area contributed by atoms with E-state index in [2.05, 4.69) is 50.9 Å². The zero-order valence-electron chi connectivity index (χ0n) is 18.5. The number of H-pyrrole nitrogens is 1. The summed E-state index contributed by atoms with van der Waals surface area (Å²) < 4.78 is 5.45. The summed E-state index contributed by atoms with van der Waals surface area (Å²) in [6, 6.07) is 8.84. The van der Waals surface area contributed by atoms with Crippen molar-refractivity contribution in [3.8, 4) is 0 Å². The zero-order chi connectivity index (χ0) is 21.2. The largest absolute Gasteiger partial charge is 0.378 e. The summed E-state index contributed by atoms with van der Waals surface area (Å²) >= 11 is 0. The van der Waals surface area contributed by atoms with Crippen molar-refractivity contribution >= 4 is 11.6 Å². The summed E-state index contributed by atoms with van der Waals surface area (Å²) in [4.78, 5) is 27.8. The predicted molar refractivity (Wildman–Crippen MR) is 123 cm³/mol. The van der Waals surface area contributed by atoms with E-state index in [0.29, 0.717) is 12.5 Å². The van der Waals surface area contributed by atoms with Crippen LogP contribution in [-0.4, -0.2) is 60.8 Å². The van der Waals surface area contributed by atoms with Gasteiger partial charge < -0.3 is 14.5 Å². The van der Waals surface area contributed by atoms with Crippen LogP contribution < -0.4 is 15.4 Å². The molecule has 0 saturated carbocycles. The van der Waals surface area contributed by atoms with Gasteiger partial charge in [-0.05, 0) is 36.5 Å². The summed E-state index contributed by atoms with van der Waals surface area (Å²) in [5.74, 6) is 1.42. The minimum atomic E-state index is 0.0330. The monoisotopic (exact) mass is 423 g/mol. The van der Waals surface area contributed by atoms with Gasteiger partial charge in [-0.1, -0.05) is 19.1 Å². The lowest BCUT2D eigenvalue weighted by atomic mass is 10.0. The van der Waals surface area contributed by atoms with Crippen molar-refractivity contribution in [1.82, 2.24) is 14.9 Å². The van der Waals surface area contributed by atoms with Gasteiger partial charge in [0.15, 0.2) is 0 Å². The van der Waals surface area contributed by atoms with Crippen LogP contribution in [0.25, 0.3) is 0 Å². The molecule has 2 aromatic rings. The first-order chi connectivity index (χ1) is 15.2. The number of morpholine rings is 1. The van der Waals surface area contributed by atoms with Gasteiger partial charge in [0.05, 0.1) is 24.5 Å². The van der Waals surface area contributed by atoms with Gasteiger partial charge in [0.25, 0.3) is 5.56 Å². The van der Waals surface area contributed by atoms with Gasteiger partial charge in [0, 0.05) is 57.9 Å². The van der Waals surface area contributed by atoms with E-state index in [0.717, 1.165) is 76.1 Å². The average Bonchev–Trinajstić information content (AvgIpc) is 2.80. The van der Waals surface area contributed by atoms with E-state index in [1.165, 1.54) is 24.1 Å². The van der Waals surface area contributed by atoms with E-state index in [9.17, 15) is 4.79 Å². The van der Waals surface area contributed by atoms with Crippen molar-refractivity contribution < 1.29 is 4.74 Å². The molecule has 0 bridgehead atoms. The molecule has 3 aliphatic heterocycles. The fourth-order valence-electron chi connectivity index (χ4n) is 5.03. The number of fused-ring (bicyclic) bond motifs is 1. The van der Waals surface area contributed by atoms with Gasteiger partial charge >= 0.3 is 0 Å². The number of hydrogen-bond acceptors (Lipinski definition) is 6. The third-order valence-corrected chi connectivity index (χ3v) is 6.81. The summed E-state index contributed by atoms with van der Waals surface area (Å²) in [6.45, 7) is 10.2. The zero-order valence-corrected chi connectivity index (χ0v) is 18.5. The second-order valence-electron chi connectivity index (χ2n) is 9.23. The van der Waals surface area contributed by atoms with Gasteiger partial charge in [0.2, 0.25) is 5.95 Å². The quantitative estimate of drug-likeness (QED) is 0.815. The Morgan fingerprint density at radius 2 is 1.90 bits per heavy atom. The van der Waals surface area contributed by atoms with Crippen LogP contribution in [0.4, 0.5) is 11.6 Å². The molecule has 31 heavy (non-hydrogen) atoms. The van der Waals surface area contributed by atoms with Crippen molar-refractivity contribution in [3.63, 3.8) is 0 Å². The number of aromatic amines is 1. The highest BCUT2D eigenvalue weighted by atomic mass is 16.5. The molecule has 5 rings (SSSR count). The molecule has 166 valence electrons. The lowest BCUT2D eigenvalue weighted by Crippen LogP contribution is -2.39. The standard InChI is InChI=1S/C24H33N5O2/c1-18-3-2-9-29(15-18)24-25-22-8-10-27(17-21(22)23(30)26-24)16-19-4-6-20(7-5-19)28-11-13-31-14-12-28/h4-7,18H,2-3,8-17H2,1H3,(H,25,26,30). The topological polar surface area (TPSA) is 64.7 Å². The molecule has 0 radical (unpaired) electrons. The number of benzene rings is 1. The molecule has 7 nitrogen and oxygen atoms in total. The number of nitrogens with one attached hydrogen (secondary N) is 1. The van der Waals surface area contributed by atoms with Crippen LogP contribution in [0.1, 0.15) is 36.6 Å². The number of piperidine rings is 1. The summed E-state index contributed by atoms with van der Waals surface area (Å²) in [7, 11) is 0. The Bertz CT molecular complexity index is 951. The fraction of sp³-hybridized carbons (Fsp3) is 0.583. The Labute approximate surface area is 184 Å². The van der Waals surface area contributed by atoms with E-state index in [1.807, 2.05) is 0 Å².